The second-order valence-corrected chi connectivity index (χ2v) is 6.90. The zero-order chi connectivity index (χ0) is 17.7. The number of fused-ring (bicyclic) bond motifs is 1. The van der Waals surface area contributed by atoms with E-state index < -0.39 is 5.69 Å². The molecule has 2 aromatic heterocycles. The summed E-state index contributed by atoms with van der Waals surface area (Å²) in [6.07, 6.45) is 3.52. The van der Waals surface area contributed by atoms with Crippen molar-refractivity contribution in [3.05, 3.63) is 20.8 Å². The summed E-state index contributed by atoms with van der Waals surface area (Å²) in [6.45, 7) is 2.33. The van der Waals surface area contributed by atoms with Gasteiger partial charge in [0.1, 0.15) is 0 Å². The first-order valence-corrected chi connectivity index (χ1v) is 8.67. The van der Waals surface area contributed by atoms with Gasteiger partial charge in [0, 0.05) is 46.2 Å². The summed E-state index contributed by atoms with van der Waals surface area (Å²) in [4.78, 5) is 48.0. The predicted octanol–water partition coefficient (Wildman–Crippen LogP) is -0.448. The molecule has 1 atom stereocenters. The Bertz CT molecular complexity index is 955. The molecule has 9 nitrogen and oxygen atoms in total. The van der Waals surface area contributed by atoms with E-state index in [-0.39, 0.29) is 17.5 Å². The fourth-order valence-corrected chi connectivity index (χ4v) is 3.92. The molecule has 4 heterocycles. The molecule has 25 heavy (non-hydrogen) atoms. The van der Waals surface area contributed by atoms with E-state index in [1.807, 2.05) is 4.90 Å². The lowest BCUT2D eigenvalue weighted by Gasteiger charge is -2.37. The Kier molecular flexibility index (Phi) is 3.66. The number of rotatable bonds is 2. The lowest BCUT2D eigenvalue weighted by Crippen LogP contribution is -2.48. The van der Waals surface area contributed by atoms with Crippen molar-refractivity contribution in [3.63, 3.8) is 0 Å². The molecule has 2 fully saturated rings. The van der Waals surface area contributed by atoms with Gasteiger partial charge in [0.05, 0.1) is 0 Å². The van der Waals surface area contributed by atoms with Gasteiger partial charge in [-0.1, -0.05) is 0 Å². The lowest BCUT2D eigenvalue weighted by molar-refractivity contribution is -0.129. The summed E-state index contributed by atoms with van der Waals surface area (Å²) < 4.78 is 2.45. The van der Waals surface area contributed by atoms with Crippen LogP contribution in [-0.4, -0.2) is 55.6 Å². The van der Waals surface area contributed by atoms with Gasteiger partial charge >= 0.3 is 5.69 Å². The third-order valence-electron chi connectivity index (χ3n) is 5.33. The predicted molar refractivity (Wildman–Crippen MR) is 92.8 cm³/mol. The first-order valence-electron chi connectivity index (χ1n) is 8.67. The van der Waals surface area contributed by atoms with Crippen molar-refractivity contribution < 1.29 is 4.79 Å². The van der Waals surface area contributed by atoms with Gasteiger partial charge in [0.2, 0.25) is 11.9 Å². The number of aromatic nitrogens is 4. The molecule has 0 aliphatic carbocycles. The second kappa shape index (κ2) is 5.75. The van der Waals surface area contributed by atoms with Gasteiger partial charge in [-0.25, -0.2) is 4.79 Å². The summed E-state index contributed by atoms with van der Waals surface area (Å²) in [6, 6.07) is 0.184. The van der Waals surface area contributed by atoms with Crippen molar-refractivity contribution in [1.82, 2.24) is 24.0 Å². The fourth-order valence-electron chi connectivity index (χ4n) is 3.92. The molecule has 2 aromatic rings. The maximum absolute atomic E-state index is 12.3. The summed E-state index contributed by atoms with van der Waals surface area (Å²) >= 11 is 0. The second-order valence-electron chi connectivity index (χ2n) is 6.90. The molecule has 0 bridgehead atoms. The van der Waals surface area contributed by atoms with Crippen LogP contribution in [0, 0.1) is 0 Å². The average Bonchev–Trinajstić information content (AvgIpc) is 3.25. The zero-order valence-electron chi connectivity index (χ0n) is 14.5. The number of nitrogens with zero attached hydrogens (tertiary/aromatic N) is 5. The Morgan fingerprint density at radius 2 is 1.88 bits per heavy atom. The van der Waals surface area contributed by atoms with E-state index in [0.29, 0.717) is 30.1 Å². The highest BCUT2D eigenvalue weighted by atomic mass is 16.2. The van der Waals surface area contributed by atoms with Crippen LogP contribution in [-0.2, 0) is 18.9 Å². The number of nitrogens with one attached hydrogen (secondary N) is 1. The number of aromatic amines is 1. The zero-order valence-corrected chi connectivity index (χ0v) is 14.5. The van der Waals surface area contributed by atoms with Crippen LogP contribution < -0.4 is 16.1 Å². The number of imidazole rings is 1. The van der Waals surface area contributed by atoms with Crippen molar-refractivity contribution in [3.8, 4) is 0 Å². The number of amides is 1. The van der Waals surface area contributed by atoms with Gasteiger partial charge < -0.3 is 14.8 Å². The minimum Gasteiger partial charge on any atom is -0.340 e. The summed E-state index contributed by atoms with van der Waals surface area (Å²) in [5, 5.41) is 0. The maximum Gasteiger partial charge on any atom is 0.332 e. The molecule has 1 N–H and O–H groups in total. The van der Waals surface area contributed by atoms with Crippen molar-refractivity contribution in [1.29, 1.82) is 0 Å². The van der Waals surface area contributed by atoms with Gasteiger partial charge in [-0.15, -0.1) is 0 Å². The first-order chi connectivity index (χ1) is 12.0. The molecule has 2 saturated heterocycles. The average molecular weight is 346 g/mol. The Hall–Kier alpha value is -2.58. The molecule has 0 radical (unpaired) electrons. The van der Waals surface area contributed by atoms with Gasteiger partial charge in [0.25, 0.3) is 5.56 Å². The minimum atomic E-state index is -0.394. The molecule has 2 aliphatic heterocycles. The monoisotopic (exact) mass is 346 g/mol. The number of hydrogen-bond acceptors (Lipinski definition) is 5. The number of carbonyl (C=O) groups excluding carboxylic acids is 1. The topological polar surface area (TPSA) is 96.2 Å². The van der Waals surface area contributed by atoms with Gasteiger partial charge in [0.15, 0.2) is 11.2 Å². The smallest absolute Gasteiger partial charge is 0.332 e. The standard InChI is InChI=1S/C16H22N6O3/c1-19-13-12(14(24)20(2)16(19)25)17-15(18-13)21-7-3-5-10(9-21)22-8-4-6-11(22)23/h10H,3-9H2,1-2H3,(H,17,18). The number of carbonyl (C=O) groups is 1. The largest absolute Gasteiger partial charge is 0.340 e. The Morgan fingerprint density at radius 3 is 2.60 bits per heavy atom. The third-order valence-corrected chi connectivity index (χ3v) is 5.33. The molecule has 0 spiro atoms. The highest BCUT2D eigenvalue weighted by molar-refractivity contribution is 5.78. The van der Waals surface area contributed by atoms with Crippen LogP contribution >= 0.6 is 0 Å². The normalized spacial score (nSPS) is 21.5. The Morgan fingerprint density at radius 1 is 1.08 bits per heavy atom. The summed E-state index contributed by atoms with van der Waals surface area (Å²) in [5.41, 5.74) is -0.0729. The van der Waals surface area contributed by atoms with Crippen LogP contribution in [0.15, 0.2) is 9.59 Å². The molecule has 9 heteroatoms. The molecule has 134 valence electrons. The van der Waals surface area contributed by atoms with Crippen molar-refractivity contribution in [2.24, 2.45) is 14.1 Å². The molecule has 2 aliphatic rings. The van der Waals surface area contributed by atoms with E-state index >= 15 is 0 Å². The van der Waals surface area contributed by atoms with Crippen LogP contribution in [0.4, 0.5) is 5.95 Å². The molecule has 1 amide bonds. The molecule has 0 aromatic carbocycles. The lowest BCUT2D eigenvalue weighted by atomic mass is 10.0. The number of aryl methyl sites for hydroxylation is 1. The molecule has 4 rings (SSSR count). The van der Waals surface area contributed by atoms with Crippen molar-refractivity contribution in [2.75, 3.05) is 24.5 Å². The quantitative estimate of drug-likeness (QED) is 0.795. The van der Waals surface area contributed by atoms with E-state index in [1.54, 1.807) is 7.05 Å². The van der Waals surface area contributed by atoms with Crippen molar-refractivity contribution >= 4 is 23.0 Å². The minimum absolute atomic E-state index is 0.184. The van der Waals surface area contributed by atoms with Crippen LogP contribution in [0.25, 0.3) is 11.2 Å². The molecule has 1 unspecified atom stereocenters. The SMILES string of the molecule is Cn1c(=O)c2[nH]c(N3CCCC(N4CCCC4=O)C3)nc2n(C)c1=O. The van der Waals surface area contributed by atoms with Crippen LogP contribution in [0.2, 0.25) is 0 Å². The molecular formula is C16H22N6O3. The van der Waals surface area contributed by atoms with E-state index in [1.165, 1.54) is 11.6 Å². The van der Waals surface area contributed by atoms with Gasteiger partial charge in [-0.2, -0.15) is 4.98 Å². The van der Waals surface area contributed by atoms with Gasteiger partial charge in [-0.05, 0) is 19.3 Å². The summed E-state index contributed by atoms with van der Waals surface area (Å²) in [7, 11) is 3.07. The van der Waals surface area contributed by atoms with E-state index in [4.69, 9.17) is 0 Å². The Labute approximate surface area is 143 Å². The van der Waals surface area contributed by atoms with Crippen LogP contribution in [0.3, 0.4) is 0 Å². The number of anilines is 1. The summed E-state index contributed by atoms with van der Waals surface area (Å²) in [5.74, 6) is 0.817. The van der Waals surface area contributed by atoms with E-state index in [0.717, 1.165) is 36.9 Å². The molecule has 0 saturated carbocycles. The number of piperidine rings is 1. The van der Waals surface area contributed by atoms with Crippen molar-refractivity contribution in [2.45, 2.75) is 31.7 Å². The van der Waals surface area contributed by atoms with E-state index in [2.05, 4.69) is 14.9 Å². The highest BCUT2D eigenvalue weighted by Gasteiger charge is 2.32. The molecular weight excluding hydrogens is 324 g/mol. The number of H-pyrrole nitrogens is 1. The fraction of sp³-hybridized carbons (Fsp3) is 0.625. The first kappa shape index (κ1) is 15.9. The van der Waals surface area contributed by atoms with E-state index in [9.17, 15) is 14.4 Å². The number of likely N-dealkylation sites (tertiary alicyclic amines) is 1. The highest BCUT2D eigenvalue weighted by Crippen LogP contribution is 2.24. The number of hydrogen-bond donors (Lipinski definition) is 1. The van der Waals surface area contributed by atoms with Crippen LogP contribution in [0.1, 0.15) is 25.7 Å². The third kappa shape index (κ3) is 2.45. The Balaban J connectivity index is 1.69. The van der Waals surface area contributed by atoms with Crippen LogP contribution in [0.5, 0.6) is 0 Å². The van der Waals surface area contributed by atoms with Gasteiger partial charge in [-0.3, -0.25) is 18.7 Å². The maximum atomic E-state index is 12.3.